The minimum atomic E-state index is -1.31. The Kier molecular flexibility index (Phi) is 8.36. The van der Waals surface area contributed by atoms with Crippen LogP contribution >= 0.6 is 0 Å². The van der Waals surface area contributed by atoms with Crippen LogP contribution in [0.3, 0.4) is 0 Å². The van der Waals surface area contributed by atoms with Gasteiger partial charge in [0.2, 0.25) is 0 Å². The fourth-order valence-corrected chi connectivity index (χ4v) is 4.17. The summed E-state index contributed by atoms with van der Waals surface area (Å²) >= 11 is 0. The van der Waals surface area contributed by atoms with E-state index in [2.05, 4.69) is 0 Å². The number of imide groups is 1. The summed E-state index contributed by atoms with van der Waals surface area (Å²) in [6, 6.07) is 25.7. The number of hydrogen-bond donors (Lipinski definition) is 1. The minimum Gasteiger partial charge on any atom is -0.489 e. The minimum absolute atomic E-state index is 0.0901. The molecule has 1 aliphatic heterocycles. The Balaban J connectivity index is 1.52. The van der Waals surface area contributed by atoms with Gasteiger partial charge in [0.25, 0.3) is 5.91 Å². The fourth-order valence-electron chi connectivity index (χ4n) is 4.17. The zero-order valence-electron chi connectivity index (χ0n) is 20.4. The zero-order valence-corrected chi connectivity index (χ0v) is 20.4. The average molecular weight is 490 g/mol. The van der Waals surface area contributed by atoms with Gasteiger partial charge in [0.1, 0.15) is 25.1 Å². The number of benzene rings is 3. The number of aliphatic hydroxyl groups excluding tert-OH is 1. The quantitative estimate of drug-likeness (QED) is 0.445. The van der Waals surface area contributed by atoms with Gasteiger partial charge in [-0.3, -0.25) is 4.79 Å². The van der Waals surface area contributed by atoms with Crippen molar-refractivity contribution < 1.29 is 28.9 Å². The maximum atomic E-state index is 13.6. The second-order valence-corrected chi connectivity index (χ2v) is 9.03. The third kappa shape index (κ3) is 6.30. The molecule has 1 saturated heterocycles. The summed E-state index contributed by atoms with van der Waals surface area (Å²) in [6.07, 6.45) is -3.25. The van der Waals surface area contributed by atoms with Crippen molar-refractivity contribution in [2.45, 2.75) is 51.2 Å². The highest BCUT2D eigenvalue weighted by atomic mass is 16.6. The smallest absolute Gasteiger partial charge is 0.417 e. The first-order valence-corrected chi connectivity index (χ1v) is 12.1. The molecule has 1 fully saturated rings. The van der Waals surface area contributed by atoms with Crippen LogP contribution in [0.15, 0.2) is 84.9 Å². The van der Waals surface area contributed by atoms with E-state index in [1.165, 1.54) is 0 Å². The van der Waals surface area contributed by atoms with Crippen LogP contribution < -0.4 is 4.74 Å². The number of ether oxygens (including phenoxy) is 3. The Morgan fingerprint density at radius 1 is 1.00 bits per heavy atom. The number of carbonyl (C=O) groups is 2. The van der Waals surface area contributed by atoms with Crippen molar-refractivity contribution in [2.75, 3.05) is 6.61 Å². The maximum Gasteiger partial charge on any atom is 0.417 e. The zero-order chi connectivity index (χ0) is 25.5. The molecular formula is C29H31NO6. The predicted octanol–water partition coefficient (Wildman–Crippen LogP) is 4.68. The first kappa shape index (κ1) is 25.4. The number of carbonyl (C=O) groups excluding carboxylic acids is 2. The van der Waals surface area contributed by atoms with Crippen molar-refractivity contribution in [1.29, 1.82) is 0 Å². The van der Waals surface area contributed by atoms with Gasteiger partial charge in [-0.25, -0.2) is 9.69 Å². The van der Waals surface area contributed by atoms with Gasteiger partial charge in [-0.1, -0.05) is 72.8 Å². The summed E-state index contributed by atoms with van der Waals surface area (Å²) in [5.41, 5.74) is 2.44. The molecule has 4 rings (SSSR count). The van der Waals surface area contributed by atoms with E-state index in [0.717, 1.165) is 16.0 Å². The SMILES string of the molecule is CC(C)O[C@H](C(=O)N1C(=O)OC[C@@H]1Cc1ccccc1)C(O)c1cccc(OCc2ccccc2)c1. The number of aliphatic hydroxyl groups is 1. The third-order valence-electron chi connectivity index (χ3n) is 5.91. The molecule has 1 N–H and O–H groups in total. The Morgan fingerprint density at radius 3 is 2.33 bits per heavy atom. The number of cyclic esters (lactones) is 1. The highest BCUT2D eigenvalue weighted by Gasteiger charge is 2.44. The summed E-state index contributed by atoms with van der Waals surface area (Å²) in [7, 11) is 0. The molecule has 0 aliphatic carbocycles. The molecule has 188 valence electrons. The van der Waals surface area contributed by atoms with Crippen LogP contribution in [-0.2, 0) is 27.3 Å². The van der Waals surface area contributed by atoms with Gasteiger partial charge in [0.15, 0.2) is 6.10 Å². The summed E-state index contributed by atoms with van der Waals surface area (Å²) in [5, 5.41) is 11.3. The Morgan fingerprint density at radius 2 is 1.67 bits per heavy atom. The van der Waals surface area contributed by atoms with Crippen molar-refractivity contribution >= 4 is 12.0 Å². The summed E-state index contributed by atoms with van der Waals surface area (Å²) in [5.74, 6) is -0.0797. The number of hydrogen-bond acceptors (Lipinski definition) is 6. The lowest BCUT2D eigenvalue weighted by Gasteiger charge is -2.29. The van der Waals surface area contributed by atoms with Crippen molar-refractivity contribution in [3.8, 4) is 5.75 Å². The molecule has 0 radical (unpaired) electrons. The highest BCUT2D eigenvalue weighted by Crippen LogP contribution is 2.28. The molecule has 1 aliphatic rings. The second-order valence-electron chi connectivity index (χ2n) is 9.03. The van der Waals surface area contributed by atoms with Gasteiger partial charge in [0, 0.05) is 0 Å². The molecule has 1 heterocycles. The molecule has 2 amide bonds. The fraction of sp³-hybridized carbons (Fsp3) is 0.310. The molecule has 3 aromatic carbocycles. The average Bonchev–Trinajstić information content (AvgIpc) is 3.26. The molecule has 1 unspecified atom stereocenters. The molecule has 0 saturated carbocycles. The summed E-state index contributed by atoms with van der Waals surface area (Å²) < 4.78 is 17.0. The lowest BCUT2D eigenvalue weighted by atomic mass is 10.0. The van der Waals surface area contributed by atoms with Gasteiger partial charge in [-0.15, -0.1) is 0 Å². The molecule has 7 nitrogen and oxygen atoms in total. The van der Waals surface area contributed by atoms with Crippen molar-refractivity contribution in [1.82, 2.24) is 4.90 Å². The first-order chi connectivity index (χ1) is 17.4. The van der Waals surface area contributed by atoms with Crippen LogP contribution in [0.4, 0.5) is 4.79 Å². The van der Waals surface area contributed by atoms with Gasteiger partial charge < -0.3 is 19.3 Å². The number of nitrogens with zero attached hydrogens (tertiary/aromatic N) is 1. The van der Waals surface area contributed by atoms with Crippen molar-refractivity contribution in [2.24, 2.45) is 0 Å². The van der Waals surface area contributed by atoms with E-state index in [9.17, 15) is 14.7 Å². The van der Waals surface area contributed by atoms with Crippen LogP contribution in [0.1, 0.15) is 36.6 Å². The third-order valence-corrected chi connectivity index (χ3v) is 5.91. The van der Waals surface area contributed by atoms with E-state index in [1.54, 1.807) is 38.1 Å². The molecule has 7 heteroatoms. The van der Waals surface area contributed by atoms with Gasteiger partial charge in [-0.05, 0) is 49.1 Å². The lowest BCUT2D eigenvalue weighted by Crippen LogP contribution is -2.49. The number of rotatable bonds is 10. The Labute approximate surface area is 211 Å². The van der Waals surface area contributed by atoms with Crippen molar-refractivity contribution in [3.05, 3.63) is 102 Å². The maximum absolute atomic E-state index is 13.6. The van der Waals surface area contributed by atoms with E-state index < -0.39 is 30.3 Å². The molecule has 3 aromatic rings. The summed E-state index contributed by atoms with van der Waals surface area (Å²) in [4.78, 5) is 27.3. The topological polar surface area (TPSA) is 85.3 Å². The first-order valence-electron chi connectivity index (χ1n) is 12.1. The van der Waals surface area contributed by atoms with E-state index >= 15 is 0 Å². The van der Waals surface area contributed by atoms with Crippen LogP contribution in [0.5, 0.6) is 5.75 Å². The molecular weight excluding hydrogens is 458 g/mol. The van der Waals surface area contributed by atoms with Gasteiger partial charge in [0.05, 0.1) is 12.1 Å². The van der Waals surface area contributed by atoms with Crippen LogP contribution in [0.2, 0.25) is 0 Å². The monoisotopic (exact) mass is 489 g/mol. The van der Waals surface area contributed by atoms with E-state index in [0.29, 0.717) is 24.3 Å². The summed E-state index contributed by atoms with van der Waals surface area (Å²) in [6.45, 7) is 4.01. The molecule has 0 bridgehead atoms. The van der Waals surface area contributed by atoms with Gasteiger partial charge >= 0.3 is 6.09 Å². The second kappa shape index (κ2) is 11.8. The predicted molar refractivity (Wildman–Crippen MR) is 134 cm³/mol. The van der Waals surface area contributed by atoms with Crippen LogP contribution in [-0.4, -0.2) is 46.9 Å². The normalized spacial score (nSPS) is 17.1. The molecule has 0 spiro atoms. The van der Waals surface area contributed by atoms with Crippen LogP contribution in [0.25, 0.3) is 0 Å². The molecule has 0 aromatic heterocycles. The van der Waals surface area contributed by atoms with E-state index in [4.69, 9.17) is 14.2 Å². The van der Waals surface area contributed by atoms with E-state index in [1.807, 2.05) is 60.7 Å². The van der Waals surface area contributed by atoms with Gasteiger partial charge in [-0.2, -0.15) is 0 Å². The standard InChI is InChI=1S/C29H31NO6/c1-20(2)36-27(28(32)30-24(19-35-29(30)33)16-21-10-5-3-6-11-21)26(31)23-14-9-15-25(17-23)34-18-22-12-7-4-8-13-22/h3-15,17,20,24,26-27,31H,16,18-19H2,1-2H3/t24-,26?,27-/m0/s1. The molecule has 36 heavy (non-hydrogen) atoms. The highest BCUT2D eigenvalue weighted by molar-refractivity contribution is 5.96. The Bertz CT molecular complexity index is 1150. The largest absolute Gasteiger partial charge is 0.489 e. The van der Waals surface area contributed by atoms with Crippen molar-refractivity contribution in [3.63, 3.8) is 0 Å². The lowest BCUT2D eigenvalue weighted by molar-refractivity contribution is -0.154. The molecule has 3 atom stereocenters. The Hall–Kier alpha value is -3.68. The van der Waals surface area contributed by atoms with Crippen LogP contribution in [0, 0.1) is 0 Å². The number of amides is 2. The van der Waals surface area contributed by atoms with E-state index in [-0.39, 0.29) is 12.7 Å².